The maximum Gasteiger partial charge on any atom is 0.0832 e. The Bertz CT molecular complexity index is 295. The zero-order chi connectivity index (χ0) is 10.8. The smallest absolute Gasteiger partial charge is 0.0832 e. The Morgan fingerprint density at radius 1 is 1.57 bits per heavy atom. The summed E-state index contributed by atoms with van der Waals surface area (Å²) in [5.41, 5.74) is 0.726. The molecule has 0 amide bonds. The molecule has 1 atom stereocenters. The number of nitrogens with zero attached hydrogens (tertiary/aromatic N) is 3. The summed E-state index contributed by atoms with van der Waals surface area (Å²) in [6.45, 7) is 4.06. The quantitative estimate of drug-likeness (QED) is 0.765. The number of hydrogen-bond acceptors (Lipinski definition) is 4. The van der Waals surface area contributed by atoms with Crippen molar-refractivity contribution < 1.29 is 4.74 Å². The molecule has 5 nitrogen and oxygen atoms in total. The predicted molar refractivity (Wildman–Crippen MR) is 53.9 cm³/mol. The van der Waals surface area contributed by atoms with E-state index in [9.17, 15) is 0 Å². The third-order valence-corrected chi connectivity index (χ3v) is 2.56. The summed E-state index contributed by atoms with van der Waals surface area (Å²) >= 11 is 0. The van der Waals surface area contributed by atoms with Crippen LogP contribution in [0.1, 0.15) is 25.6 Å². The normalized spacial score (nSPS) is 14.4. The fraction of sp³-hybridized carbons (Fsp3) is 0.778. The maximum absolute atomic E-state index is 5.44. The fourth-order valence-electron chi connectivity index (χ4n) is 1.53. The Balaban J connectivity index is 2.99. The van der Waals surface area contributed by atoms with Crippen LogP contribution < -0.4 is 5.32 Å². The number of methoxy groups -OCH3 is 1. The molecule has 0 aliphatic rings. The van der Waals surface area contributed by atoms with Gasteiger partial charge in [-0.25, -0.2) is 0 Å². The van der Waals surface area contributed by atoms with Crippen LogP contribution in [0.2, 0.25) is 0 Å². The van der Waals surface area contributed by atoms with Crippen LogP contribution >= 0.6 is 0 Å². The molecule has 0 aliphatic heterocycles. The minimum atomic E-state index is -0.287. The molecule has 1 N–H and O–H groups in total. The van der Waals surface area contributed by atoms with E-state index in [2.05, 4.69) is 15.6 Å². The molecule has 0 saturated carbocycles. The molecule has 0 spiro atoms. The lowest BCUT2D eigenvalue weighted by molar-refractivity contribution is -0.0111. The van der Waals surface area contributed by atoms with E-state index >= 15 is 0 Å². The van der Waals surface area contributed by atoms with Gasteiger partial charge in [-0.2, -0.15) is 0 Å². The molecule has 0 fully saturated rings. The Morgan fingerprint density at radius 2 is 2.21 bits per heavy atom. The van der Waals surface area contributed by atoms with Gasteiger partial charge in [0, 0.05) is 14.2 Å². The van der Waals surface area contributed by atoms with Crippen molar-refractivity contribution in [3.8, 4) is 0 Å². The zero-order valence-corrected chi connectivity index (χ0v) is 9.40. The first-order chi connectivity index (χ1) is 6.53. The molecule has 0 aliphatic carbocycles. The van der Waals surface area contributed by atoms with E-state index in [1.165, 1.54) is 0 Å². The summed E-state index contributed by atoms with van der Waals surface area (Å²) < 4.78 is 7.19. The van der Waals surface area contributed by atoms with Crippen LogP contribution in [0, 0.1) is 0 Å². The SMILES string of the molecule is CNC(c1cnnn1C)C(C)(C)OC. The average molecular weight is 198 g/mol. The lowest BCUT2D eigenvalue weighted by atomic mass is 9.96. The van der Waals surface area contributed by atoms with Crippen molar-refractivity contribution in [1.82, 2.24) is 20.3 Å². The van der Waals surface area contributed by atoms with Crippen molar-refractivity contribution in [1.29, 1.82) is 0 Å². The summed E-state index contributed by atoms with van der Waals surface area (Å²) in [5, 5.41) is 11.0. The number of aryl methyl sites for hydroxylation is 1. The zero-order valence-electron chi connectivity index (χ0n) is 9.40. The van der Waals surface area contributed by atoms with Gasteiger partial charge in [0.25, 0.3) is 0 Å². The summed E-state index contributed by atoms with van der Waals surface area (Å²) in [4.78, 5) is 0. The Hall–Kier alpha value is -0.940. The third kappa shape index (κ3) is 1.93. The first-order valence-electron chi connectivity index (χ1n) is 4.60. The Morgan fingerprint density at radius 3 is 2.57 bits per heavy atom. The van der Waals surface area contributed by atoms with Gasteiger partial charge in [-0.3, -0.25) is 4.68 Å². The standard InChI is InChI=1S/C9H18N4O/c1-9(2,14-5)8(10-3)7-6-11-12-13(7)4/h6,8,10H,1-5H3. The van der Waals surface area contributed by atoms with E-state index in [1.54, 1.807) is 18.0 Å². The number of hydrogen-bond donors (Lipinski definition) is 1. The van der Waals surface area contributed by atoms with E-state index in [1.807, 2.05) is 27.9 Å². The molecule has 5 heteroatoms. The molecule has 80 valence electrons. The van der Waals surface area contributed by atoms with Crippen LogP contribution in [-0.2, 0) is 11.8 Å². The van der Waals surface area contributed by atoms with Gasteiger partial charge in [0.15, 0.2) is 0 Å². The van der Waals surface area contributed by atoms with Gasteiger partial charge in [0.1, 0.15) is 0 Å². The van der Waals surface area contributed by atoms with Crippen LogP contribution in [0.5, 0.6) is 0 Å². The molecule has 14 heavy (non-hydrogen) atoms. The molecule has 0 saturated heterocycles. The monoisotopic (exact) mass is 198 g/mol. The number of rotatable bonds is 4. The second-order valence-corrected chi connectivity index (χ2v) is 3.81. The maximum atomic E-state index is 5.44. The van der Waals surface area contributed by atoms with Crippen molar-refractivity contribution in [3.63, 3.8) is 0 Å². The second kappa shape index (κ2) is 4.06. The molecule has 0 bridgehead atoms. The number of nitrogens with one attached hydrogen (secondary N) is 1. The van der Waals surface area contributed by atoms with Gasteiger partial charge in [-0.1, -0.05) is 5.21 Å². The number of aromatic nitrogens is 3. The second-order valence-electron chi connectivity index (χ2n) is 3.81. The summed E-state index contributed by atoms with van der Waals surface area (Å²) in [7, 11) is 5.48. The van der Waals surface area contributed by atoms with Gasteiger partial charge in [-0.05, 0) is 20.9 Å². The van der Waals surface area contributed by atoms with E-state index in [0.29, 0.717) is 0 Å². The topological polar surface area (TPSA) is 52.0 Å². The molecule has 1 aromatic rings. The molecule has 0 aromatic carbocycles. The average Bonchev–Trinajstić information content (AvgIpc) is 2.53. The molecule has 0 radical (unpaired) electrons. The highest BCUT2D eigenvalue weighted by atomic mass is 16.5. The van der Waals surface area contributed by atoms with E-state index in [4.69, 9.17) is 4.74 Å². The highest BCUT2D eigenvalue weighted by Crippen LogP contribution is 2.26. The minimum absolute atomic E-state index is 0.0764. The predicted octanol–water partition coefficient (Wildman–Crippen LogP) is 0.501. The Labute approximate surface area is 84.4 Å². The third-order valence-electron chi connectivity index (χ3n) is 2.56. The minimum Gasteiger partial charge on any atom is -0.377 e. The first-order valence-corrected chi connectivity index (χ1v) is 4.60. The van der Waals surface area contributed by atoms with Crippen molar-refractivity contribution in [2.24, 2.45) is 7.05 Å². The van der Waals surface area contributed by atoms with Crippen LogP contribution in [0.4, 0.5) is 0 Å². The molecule has 1 unspecified atom stereocenters. The number of likely N-dealkylation sites (N-methyl/N-ethyl adjacent to an activating group) is 1. The highest BCUT2D eigenvalue weighted by Gasteiger charge is 2.31. The Kier molecular flexibility index (Phi) is 3.23. The summed E-state index contributed by atoms with van der Waals surface area (Å²) in [5.74, 6) is 0. The molecular formula is C9H18N4O. The van der Waals surface area contributed by atoms with Crippen LogP contribution in [0.15, 0.2) is 6.20 Å². The van der Waals surface area contributed by atoms with Crippen molar-refractivity contribution in [3.05, 3.63) is 11.9 Å². The van der Waals surface area contributed by atoms with Gasteiger partial charge < -0.3 is 10.1 Å². The van der Waals surface area contributed by atoms with Crippen molar-refractivity contribution in [2.45, 2.75) is 25.5 Å². The van der Waals surface area contributed by atoms with Gasteiger partial charge >= 0.3 is 0 Å². The summed E-state index contributed by atoms with van der Waals surface area (Å²) in [6, 6.07) is 0.0764. The van der Waals surface area contributed by atoms with Crippen molar-refractivity contribution in [2.75, 3.05) is 14.2 Å². The lowest BCUT2D eigenvalue weighted by Crippen LogP contribution is -2.40. The first kappa shape index (κ1) is 11.1. The summed E-state index contributed by atoms with van der Waals surface area (Å²) in [6.07, 6.45) is 1.75. The van der Waals surface area contributed by atoms with Crippen LogP contribution in [0.3, 0.4) is 0 Å². The van der Waals surface area contributed by atoms with Gasteiger partial charge in [-0.15, -0.1) is 5.10 Å². The van der Waals surface area contributed by atoms with E-state index < -0.39 is 0 Å². The fourth-order valence-corrected chi connectivity index (χ4v) is 1.53. The van der Waals surface area contributed by atoms with Crippen LogP contribution in [0.25, 0.3) is 0 Å². The van der Waals surface area contributed by atoms with Gasteiger partial charge in [0.2, 0.25) is 0 Å². The largest absolute Gasteiger partial charge is 0.377 e. The van der Waals surface area contributed by atoms with E-state index in [-0.39, 0.29) is 11.6 Å². The lowest BCUT2D eigenvalue weighted by Gasteiger charge is -2.32. The van der Waals surface area contributed by atoms with Crippen LogP contribution in [-0.4, -0.2) is 34.8 Å². The molecule has 1 rings (SSSR count). The van der Waals surface area contributed by atoms with Gasteiger partial charge in [0.05, 0.1) is 23.5 Å². The molecule has 1 aromatic heterocycles. The number of ether oxygens (including phenoxy) is 1. The molecular weight excluding hydrogens is 180 g/mol. The van der Waals surface area contributed by atoms with E-state index in [0.717, 1.165) is 5.69 Å². The molecule has 1 heterocycles. The van der Waals surface area contributed by atoms with Crippen molar-refractivity contribution >= 4 is 0 Å². The highest BCUT2D eigenvalue weighted by molar-refractivity contribution is 5.07.